The van der Waals surface area contributed by atoms with E-state index in [1.165, 1.54) is 4.90 Å². The van der Waals surface area contributed by atoms with Crippen LogP contribution in [-0.4, -0.2) is 27.8 Å². The third-order valence-corrected chi connectivity index (χ3v) is 3.35. The van der Waals surface area contributed by atoms with Crippen molar-refractivity contribution in [2.24, 2.45) is 0 Å². The van der Waals surface area contributed by atoms with Gasteiger partial charge in [-0.2, -0.15) is 0 Å². The fourth-order valence-electron chi connectivity index (χ4n) is 2.26. The normalized spacial score (nSPS) is 16.1. The monoisotopic (exact) mass is 275 g/mol. The summed E-state index contributed by atoms with van der Waals surface area (Å²) in [6, 6.07) is 6.97. The first-order valence-corrected chi connectivity index (χ1v) is 6.69. The van der Waals surface area contributed by atoms with Crippen LogP contribution in [0.5, 0.6) is 0 Å². The maximum atomic E-state index is 11.9. The van der Waals surface area contributed by atoms with E-state index in [1.54, 1.807) is 24.3 Å². The molecule has 106 valence electrons. The smallest absolute Gasteiger partial charge is 0.307 e. The number of hydrogen-bond acceptors (Lipinski definition) is 3. The average molecular weight is 275 g/mol. The number of carboxylic acid groups (broad SMARTS) is 1. The molecule has 1 aliphatic heterocycles. The number of carbonyl (C=O) groups excluding carboxylic acids is 2. The second-order valence-electron chi connectivity index (χ2n) is 4.97. The minimum absolute atomic E-state index is 0.0259. The molecule has 5 nitrogen and oxygen atoms in total. The van der Waals surface area contributed by atoms with Crippen molar-refractivity contribution >= 4 is 17.8 Å². The lowest BCUT2D eigenvalue weighted by molar-refractivity contribution is -0.144. The molecule has 1 N–H and O–H groups in total. The molecular formula is C15H17NO4. The first-order valence-electron chi connectivity index (χ1n) is 6.69. The predicted molar refractivity (Wildman–Crippen MR) is 71.8 cm³/mol. The minimum atomic E-state index is -0.879. The van der Waals surface area contributed by atoms with Crippen LogP contribution in [0, 0.1) is 0 Å². The zero-order chi connectivity index (χ0) is 14.5. The number of aliphatic carboxylic acids is 1. The van der Waals surface area contributed by atoms with Gasteiger partial charge in [-0.15, -0.1) is 0 Å². The van der Waals surface area contributed by atoms with E-state index in [9.17, 15) is 14.4 Å². The maximum absolute atomic E-state index is 11.9. The van der Waals surface area contributed by atoms with Crippen LogP contribution in [-0.2, 0) is 27.3 Å². The molecule has 0 radical (unpaired) electrons. The first kappa shape index (κ1) is 14.2. The molecule has 1 fully saturated rings. The molecule has 1 aromatic carbocycles. The van der Waals surface area contributed by atoms with Gasteiger partial charge < -0.3 is 5.11 Å². The lowest BCUT2D eigenvalue weighted by Crippen LogP contribution is -2.34. The SMILES string of the molecule is O=C(O)Cc1ccc(CN2C(=O)CCCCC2=O)cc1. The molecule has 0 atom stereocenters. The van der Waals surface area contributed by atoms with Crippen LogP contribution in [0.2, 0.25) is 0 Å². The van der Waals surface area contributed by atoms with Gasteiger partial charge in [0.05, 0.1) is 13.0 Å². The van der Waals surface area contributed by atoms with Crippen LogP contribution < -0.4 is 0 Å². The van der Waals surface area contributed by atoms with Crippen LogP contribution >= 0.6 is 0 Å². The number of carbonyl (C=O) groups is 3. The Hall–Kier alpha value is -2.17. The van der Waals surface area contributed by atoms with Crippen molar-refractivity contribution in [3.63, 3.8) is 0 Å². The summed E-state index contributed by atoms with van der Waals surface area (Å²) in [4.78, 5) is 35.6. The van der Waals surface area contributed by atoms with Gasteiger partial charge in [-0.1, -0.05) is 24.3 Å². The first-order chi connectivity index (χ1) is 9.56. The largest absolute Gasteiger partial charge is 0.481 e. The molecule has 1 heterocycles. The van der Waals surface area contributed by atoms with Gasteiger partial charge in [0.2, 0.25) is 11.8 Å². The van der Waals surface area contributed by atoms with E-state index in [1.807, 2.05) is 0 Å². The number of nitrogens with zero attached hydrogens (tertiary/aromatic N) is 1. The van der Waals surface area contributed by atoms with Crippen LogP contribution in [0.15, 0.2) is 24.3 Å². The van der Waals surface area contributed by atoms with Crippen molar-refractivity contribution in [2.75, 3.05) is 0 Å². The summed E-state index contributed by atoms with van der Waals surface area (Å²) in [5.74, 6) is -1.13. The Morgan fingerprint density at radius 1 is 1.00 bits per heavy atom. The molecule has 20 heavy (non-hydrogen) atoms. The van der Waals surface area contributed by atoms with Crippen molar-refractivity contribution in [1.29, 1.82) is 0 Å². The molecule has 0 saturated carbocycles. The summed E-state index contributed by atoms with van der Waals surface area (Å²) in [7, 11) is 0. The Morgan fingerprint density at radius 3 is 2.00 bits per heavy atom. The number of imide groups is 1. The fraction of sp³-hybridized carbons (Fsp3) is 0.400. The molecule has 1 aliphatic rings. The van der Waals surface area contributed by atoms with Crippen molar-refractivity contribution in [3.8, 4) is 0 Å². The van der Waals surface area contributed by atoms with Gasteiger partial charge in [0.15, 0.2) is 0 Å². The predicted octanol–water partition coefficient (Wildman–Crippen LogP) is 1.74. The summed E-state index contributed by atoms with van der Waals surface area (Å²) in [5, 5.41) is 8.70. The fourth-order valence-corrected chi connectivity index (χ4v) is 2.26. The summed E-state index contributed by atoms with van der Waals surface area (Å²) in [6.07, 6.45) is 2.34. The Kier molecular flexibility index (Phi) is 4.50. The Labute approximate surface area is 117 Å². The van der Waals surface area contributed by atoms with E-state index in [0.29, 0.717) is 18.4 Å². The highest BCUT2D eigenvalue weighted by molar-refractivity contribution is 5.95. The molecule has 5 heteroatoms. The van der Waals surface area contributed by atoms with Crippen LogP contribution in [0.25, 0.3) is 0 Å². The second-order valence-corrected chi connectivity index (χ2v) is 4.97. The lowest BCUT2D eigenvalue weighted by Gasteiger charge is -2.18. The number of hydrogen-bond donors (Lipinski definition) is 1. The van der Waals surface area contributed by atoms with Crippen LogP contribution in [0.4, 0.5) is 0 Å². The molecule has 2 rings (SSSR count). The van der Waals surface area contributed by atoms with E-state index >= 15 is 0 Å². The molecular weight excluding hydrogens is 258 g/mol. The highest BCUT2D eigenvalue weighted by Crippen LogP contribution is 2.16. The van der Waals surface area contributed by atoms with Gasteiger partial charge in [0.25, 0.3) is 0 Å². The number of carboxylic acids is 1. The van der Waals surface area contributed by atoms with Crippen molar-refractivity contribution in [1.82, 2.24) is 4.90 Å². The van der Waals surface area contributed by atoms with Gasteiger partial charge in [-0.3, -0.25) is 19.3 Å². The standard InChI is InChI=1S/C15H17NO4/c17-13-3-1-2-4-14(18)16(13)10-12-7-5-11(6-8-12)9-15(19)20/h5-8H,1-4,9-10H2,(H,19,20). The van der Waals surface area contributed by atoms with Crippen LogP contribution in [0.1, 0.15) is 36.8 Å². The maximum Gasteiger partial charge on any atom is 0.307 e. The van der Waals surface area contributed by atoms with Gasteiger partial charge >= 0.3 is 5.97 Å². The Morgan fingerprint density at radius 2 is 1.50 bits per heavy atom. The van der Waals surface area contributed by atoms with Gasteiger partial charge in [-0.25, -0.2) is 0 Å². The topological polar surface area (TPSA) is 74.7 Å². The van der Waals surface area contributed by atoms with Gasteiger partial charge in [0, 0.05) is 12.8 Å². The van der Waals surface area contributed by atoms with Gasteiger partial charge in [-0.05, 0) is 24.0 Å². The minimum Gasteiger partial charge on any atom is -0.481 e. The van der Waals surface area contributed by atoms with Crippen molar-refractivity contribution < 1.29 is 19.5 Å². The Bertz CT molecular complexity index is 503. The molecule has 0 unspecified atom stereocenters. The molecule has 0 bridgehead atoms. The second kappa shape index (κ2) is 6.32. The number of benzene rings is 1. The third kappa shape index (κ3) is 3.66. The highest BCUT2D eigenvalue weighted by Gasteiger charge is 2.23. The molecule has 1 aromatic rings. The number of rotatable bonds is 4. The van der Waals surface area contributed by atoms with E-state index < -0.39 is 5.97 Å². The van der Waals surface area contributed by atoms with Crippen molar-refractivity contribution in [2.45, 2.75) is 38.6 Å². The average Bonchev–Trinajstić information content (AvgIpc) is 2.55. The molecule has 0 aromatic heterocycles. The quantitative estimate of drug-likeness (QED) is 0.849. The highest BCUT2D eigenvalue weighted by atomic mass is 16.4. The molecule has 2 amide bonds. The van der Waals surface area contributed by atoms with E-state index in [4.69, 9.17) is 5.11 Å². The lowest BCUT2D eigenvalue weighted by atomic mass is 10.1. The van der Waals surface area contributed by atoms with Gasteiger partial charge in [0.1, 0.15) is 0 Å². The van der Waals surface area contributed by atoms with Crippen LogP contribution in [0.3, 0.4) is 0 Å². The van der Waals surface area contributed by atoms with Crippen molar-refractivity contribution in [3.05, 3.63) is 35.4 Å². The number of amides is 2. The Balaban J connectivity index is 2.06. The summed E-state index contributed by atoms with van der Waals surface area (Å²) < 4.78 is 0. The summed E-state index contributed by atoms with van der Waals surface area (Å²) in [6.45, 7) is 0.269. The molecule has 1 saturated heterocycles. The van der Waals surface area contributed by atoms with E-state index in [2.05, 4.69) is 0 Å². The zero-order valence-electron chi connectivity index (χ0n) is 11.2. The third-order valence-electron chi connectivity index (χ3n) is 3.35. The summed E-state index contributed by atoms with van der Waals surface area (Å²) >= 11 is 0. The van der Waals surface area contributed by atoms with E-state index in [0.717, 1.165) is 18.4 Å². The molecule has 0 aliphatic carbocycles. The molecule has 0 spiro atoms. The zero-order valence-corrected chi connectivity index (χ0v) is 11.2. The number of likely N-dealkylation sites (tertiary alicyclic amines) is 1. The van der Waals surface area contributed by atoms with E-state index in [-0.39, 0.29) is 24.8 Å². The summed E-state index contributed by atoms with van der Waals surface area (Å²) in [5.41, 5.74) is 1.54.